The number of nitrogens with two attached hydrogens (primary N) is 2. The average Bonchev–Trinajstić information content (AvgIpc) is 2.86. The molecule has 0 spiro atoms. The molecule has 3 nitrogen and oxygen atoms in total. The fourth-order valence-electron chi connectivity index (χ4n) is 3.26. The number of nitrogen functional groups attached to an aromatic ring is 2. The summed E-state index contributed by atoms with van der Waals surface area (Å²) in [6.45, 7) is 0.900. The normalized spacial score (nSPS) is 10.4. The lowest BCUT2D eigenvalue weighted by Crippen LogP contribution is -2.01. The Hall–Kier alpha value is -2.36. The van der Waals surface area contributed by atoms with Crippen molar-refractivity contribution in [2.45, 2.75) is 13.0 Å². The van der Waals surface area contributed by atoms with Gasteiger partial charge in [0.15, 0.2) is 0 Å². The Balaban J connectivity index is 0.00000113. The molecule has 5 heteroatoms. The van der Waals surface area contributed by atoms with Gasteiger partial charge in [-0.15, -0.1) is 24.8 Å². The van der Waals surface area contributed by atoms with E-state index in [2.05, 4.69) is 53.1 Å². The first-order chi connectivity index (χ1) is 11.2. The number of aryl methyl sites for hydroxylation is 2. The van der Waals surface area contributed by atoms with E-state index in [1.807, 2.05) is 18.2 Å². The van der Waals surface area contributed by atoms with Gasteiger partial charge in [0.2, 0.25) is 0 Å². The van der Waals surface area contributed by atoms with E-state index in [9.17, 15) is 0 Å². The molecule has 0 atom stereocenters. The fraction of sp³-hybridized carbons (Fsp3) is 0.100. The Morgan fingerprint density at radius 2 is 1.20 bits per heavy atom. The summed E-state index contributed by atoms with van der Waals surface area (Å²) in [5.41, 5.74) is 17.3. The Kier molecular flexibility index (Phi) is 5.83. The van der Waals surface area contributed by atoms with Crippen LogP contribution in [0.5, 0.6) is 0 Å². The van der Waals surface area contributed by atoms with Gasteiger partial charge in [0, 0.05) is 28.7 Å². The van der Waals surface area contributed by atoms with Crippen molar-refractivity contribution in [2.75, 3.05) is 11.5 Å². The maximum absolute atomic E-state index is 6.01. The first kappa shape index (κ1) is 19.0. The van der Waals surface area contributed by atoms with Crippen LogP contribution in [-0.4, -0.2) is 4.57 Å². The van der Waals surface area contributed by atoms with Gasteiger partial charge in [-0.25, -0.2) is 0 Å². The van der Waals surface area contributed by atoms with Crippen LogP contribution in [0.25, 0.3) is 21.8 Å². The van der Waals surface area contributed by atoms with Crippen LogP contribution in [0.3, 0.4) is 0 Å². The van der Waals surface area contributed by atoms with Gasteiger partial charge in [-0.2, -0.15) is 0 Å². The van der Waals surface area contributed by atoms with Crippen LogP contribution in [0, 0.1) is 0 Å². The number of aromatic nitrogens is 1. The van der Waals surface area contributed by atoms with Crippen LogP contribution >= 0.6 is 24.8 Å². The molecule has 4 rings (SSSR count). The number of benzene rings is 3. The molecule has 0 radical (unpaired) electrons. The molecule has 0 saturated carbocycles. The third-order valence-corrected chi connectivity index (χ3v) is 4.38. The molecule has 0 fully saturated rings. The highest BCUT2D eigenvalue weighted by Crippen LogP contribution is 2.31. The van der Waals surface area contributed by atoms with Crippen molar-refractivity contribution in [1.29, 1.82) is 0 Å². The van der Waals surface area contributed by atoms with Crippen molar-refractivity contribution in [3.8, 4) is 0 Å². The first-order valence-electron chi connectivity index (χ1n) is 7.83. The second kappa shape index (κ2) is 7.68. The van der Waals surface area contributed by atoms with Gasteiger partial charge in [0.05, 0.1) is 11.0 Å². The van der Waals surface area contributed by atoms with Crippen molar-refractivity contribution < 1.29 is 0 Å². The van der Waals surface area contributed by atoms with Crippen LogP contribution in [-0.2, 0) is 13.0 Å². The lowest BCUT2D eigenvalue weighted by Gasteiger charge is -2.08. The zero-order valence-electron chi connectivity index (χ0n) is 13.7. The Morgan fingerprint density at radius 1 is 0.680 bits per heavy atom. The quantitative estimate of drug-likeness (QED) is 0.493. The predicted molar refractivity (Wildman–Crippen MR) is 113 cm³/mol. The van der Waals surface area contributed by atoms with Crippen LogP contribution < -0.4 is 11.5 Å². The van der Waals surface area contributed by atoms with E-state index in [-0.39, 0.29) is 24.8 Å². The molecule has 130 valence electrons. The molecule has 0 amide bonds. The molecule has 4 N–H and O–H groups in total. The topological polar surface area (TPSA) is 57.0 Å². The minimum Gasteiger partial charge on any atom is -0.399 e. The van der Waals surface area contributed by atoms with Gasteiger partial charge in [0.25, 0.3) is 0 Å². The maximum Gasteiger partial charge on any atom is 0.0512 e. The van der Waals surface area contributed by atoms with E-state index in [0.717, 1.165) is 24.3 Å². The smallest absolute Gasteiger partial charge is 0.0512 e. The third kappa shape index (κ3) is 3.53. The van der Waals surface area contributed by atoms with Crippen molar-refractivity contribution in [1.82, 2.24) is 4.57 Å². The SMILES string of the molecule is Cl.Cl.Nc1ccc2c3ccc(N)cc3n(CCc3ccccc3)c2c1. The second-order valence-corrected chi connectivity index (χ2v) is 5.94. The molecule has 3 aromatic carbocycles. The Bertz CT molecular complexity index is 935. The van der Waals surface area contributed by atoms with Gasteiger partial charge in [-0.1, -0.05) is 42.5 Å². The summed E-state index contributed by atoms with van der Waals surface area (Å²) in [7, 11) is 0. The first-order valence-corrected chi connectivity index (χ1v) is 7.83. The third-order valence-electron chi connectivity index (χ3n) is 4.38. The molecule has 25 heavy (non-hydrogen) atoms. The average molecular weight is 374 g/mol. The number of hydrogen-bond acceptors (Lipinski definition) is 2. The molecule has 0 aliphatic heterocycles. The minimum absolute atomic E-state index is 0. The monoisotopic (exact) mass is 373 g/mol. The highest BCUT2D eigenvalue weighted by Gasteiger charge is 2.11. The summed E-state index contributed by atoms with van der Waals surface area (Å²) in [6, 6.07) is 22.8. The maximum atomic E-state index is 6.01. The molecule has 1 heterocycles. The zero-order valence-corrected chi connectivity index (χ0v) is 15.3. The van der Waals surface area contributed by atoms with Gasteiger partial charge >= 0.3 is 0 Å². The Morgan fingerprint density at radius 3 is 1.72 bits per heavy atom. The zero-order chi connectivity index (χ0) is 15.8. The second-order valence-electron chi connectivity index (χ2n) is 5.94. The molecule has 0 bridgehead atoms. The van der Waals surface area contributed by atoms with E-state index in [1.54, 1.807) is 0 Å². The molecular formula is C20H21Cl2N3. The Labute approximate surface area is 159 Å². The highest BCUT2D eigenvalue weighted by atomic mass is 35.5. The molecule has 0 saturated heterocycles. The van der Waals surface area contributed by atoms with E-state index in [4.69, 9.17) is 11.5 Å². The van der Waals surface area contributed by atoms with Crippen LogP contribution in [0.15, 0.2) is 66.7 Å². The molecule has 0 aliphatic carbocycles. The van der Waals surface area contributed by atoms with Crippen LogP contribution in [0.1, 0.15) is 5.56 Å². The number of nitrogens with zero attached hydrogens (tertiary/aromatic N) is 1. The van der Waals surface area contributed by atoms with Crippen molar-refractivity contribution in [3.05, 3.63) is 72.3 Å². The number of hydrogen-bond donors (Lipinski definition) is 2. The van der Waals surface area contributed by atoms with Gasteiger partial charge in [-0.3, -0.25) is 0 Å². The van der Waals surface area contributed by atoms with Gasteiger partial charge < -0.3 is 16.0 Å². The standard InChI is InChI=1S/C20H19N3.2ClH/c21-15-6-8-17-18-9-7-16(22)13-20(18)23(19(17)12-15)11-10-14-4-2-1-3-5-14;;/h1-9,12-13H,10-11,21-22H2;2*1H. The van der Waals surface area contributed by atoms with Gasteiger partial charge in [-0.05, 0) is 36.2 Å². The largest absolute Gasteiger partial charge is 0.399 e. The van der Waals surface area contributed by atoms with E-state index in [1.165, 1.54) is 27.4 Å². The number of halogens is 2. The van der Waals surface area contributed by atoms with Crippen molar-refractivity contribution in [2.24, 2.45) is 0 Å². The van der Waals surface area contributed by atoms with E-state index < -0.39 is 0 Å². The van der Waals surface area contributed by atoms with Gasteiger partial charge in [0.1, 0.15) is 0 Å². The molecule has 0 aliphatic rings. The lowest BCUT2D eigenvalue weighted by molar-refractivity contribution is 0.745. The number of rotatable bonds is 3. The highest BCUT2D eigenvalue weighted by molar-refractivity contribution is 6.09. The fourth-order valence-corrected chi connectivity index (χ4v) is 3.26. The summed E-state index contributed by atoms with van der Waals surface area (Å²) in [6.07, 6.45) is 0.976. The van der Waals surface area contributed by atoms with Crippen molar-refractivity contribution in [3.63, 3.8) is 0 Å². The van der Waals surface area contributed by atoms with E-state index in [0.29, 0.717) is 0 Å². The van der Waals surface area contributed by atoms with E-state index >= 15 is 0 Å². The minimum atomic E-state index is 0. The molecular weight excluding hydrogens is 353 g/mol. The summed E-state index contributed by atoms with van der Waals surface area (Å²) in [5, 5.41) is 2.45. The summed E-state index contributed by atoms with van der Waals surface area (Å²) in [4.78, 5) is 0. The van der Waals surface area contributed by atoms with Crippen LogP contribution in [0.2, 0.25) is 0 Å². The molecule has 4 aromatic rings. The summed E-state index contributed by atoms with van der Waals surface area (Å²) >= 11 is 0. The van der Waals surface area contributed by atoms with Crippen molar-refractivity contribution >= 4 is 58.0 Å². The molecule has 0 unspecified atom stereocenters. The number of anilines is 2. The molecule has 1 aromatic heterocycles. The number of fused-ring (bicyclic) bond motifs is 3. The lowest BCUT2D eigenvalue weighted by atomic mass is 10.1. The summed E-state index contributed by atoms with van der Waals surface area (Å²) < 4.78 is 2.32. The summed E-state index contributed by atoms with van der Waals surface area (Å²) in [5.74, 6) is 0. The predicted octanol–water partition coefficient (Wildman–Crippen LogP) is 5.05. The van der Waals surface area contributed by atoms with Crippen LogP contribution in [0.4, 0.5) is 11.4 Å².